The molecule has 29 heavy (non-hydrogen) atoms. The van der Waals surface area contributed by atoms with E-state index in [2.05, 4.69) is 10.8 Å². The number of nitrogens with one attached hydrogen (secondary N) is 1. The van der Waals surface area contributed by atoms with E-state index >= 15 is 0 Å². The lowest BCUT2D eigenvalue weighted by Crippen LogP contribution is -2.09. The molecule has 0 aromatic heterocycles. The summed E-state index contributed by atoms with van der Waals surface area (Å²) in [6, 6.07) is 7.81. The number of allylic oxidation sites excluding steroid dienone is 3. The van der Waals surface area contributed by atoms with E-state index in [1.54, 1.807) is 24.3 Å². The topological polar surface area (TPSA) is 58.6 Å². The summed E-state index contributed by atoms with van der Waals surface area (Å²) in [5, 5.41) is 10.3. The normalized spacial score (nSPS) is 20.3. The van der Waals surface area contributed by atoms with Crippen LogP contribution in [-0.2, 0) is 22.3 Å². The predicted octanol–water partition coefficient (Wildman–Crippen LogP) is 5.98. The van der Waals surface area contributed by atoms with Gasteiger partial charge in [0, 0.05) is 0 Å². The second-order valence-corrected chi connectivity index (χ2v) is 8.22. The molecule has 1 aliphatic heterocycles. The highest BCUT2D eigenvalue weighted by molar-refractivity contribution is 7.86. The third kappa shape index (κ3) is 4.89. The zero-order valence-electron chi connectivity index (χ0n) is 16.3. The maximum atomic E-state index is 14.5. The first kappa shape index (κ1) is 21.6. The van der Waals surface area contributed by atoms with Crippen LogP contribution >= 0.6 is 11.6 Å². The van der Waals surface area contributed by atoms with E-state index in [-0.39, 0.29) is 28.0 Å². The van der Waals surface area contributed by atoms with Crippen molar-refractivity contribution in [1.29, 1.82) is 0 Å². The molecular weight excluding hydrogens is 413 g/mol. The van der Waals surface area contributed by atoms with E-state index in [4.69, 9.17) is 16.3 Å². The van der Waals surface area contributed by atoms with Gasteiger partial charge in [-0.3, -0.25) is 4.72 Å². The minimum Gasteiger partial charge on any atom is -0.505 e. The number of phenols is 1. The second kappa shape index (κ2) is 9.57. The molecule has 4 nitrogen and oxygen atoms in total. The number of fused-ring (bicyclic) bond motifs is 4. The first-order valence-electron chi connectivity index (χ1n) is 9.37. The van der Waals surface area contributed by atoms with Gasteiger partial charge in [-0.25, -0.2) is 8.60 Å². The molecule has 0 radical (unpaired) electrons. The summed E-state index contributed by atoms with van der Waals surface area (Å²) in [5.74, 6) is -0.829. The summed E-state index contributed by atoms with van der Waals surface area (Å²) >= 11 is 6.09. The Morgan fingerprint density at radius 2 is 2.14 bits per heavy atom. The molecule has 1 unspecified atom stereocenters. The fraction of sp³-hybridized carbons (Fsp3) is 0.273. The monoisotopic (exact) mass is 435 g/mol. The van der Waals surface area contributed by atoms with Gasteiger partial charge in [-0.05, 0) is 66.3 Å². The van der Waals surface area contributed by atoms with Crippen molar-refractivity contribution < 1.29 is 18.4 Å². The van der Waals surface area contributed by atoms with Gasteiger partial charge in [0.1, 0.15) is 10.7 Å². The molecule has 7 heteroatoms. The van der Waals surface area contributed by atoms with Crippen molar-refractivity contribution in [2.45, 2.75) is 38.2 Å². The lowest BCUT2D eigenvalue weighted by atomic mass is 9.94. The minimum absolute atomic E-state index is 0.0693. The van der Waals surface area contributed by atoms with Gasteiger partial charge in [-0.1, -0.05) is 36.7 Å². The van der Waals surface area contributed by atoms with Crippen LogP contribution in [0.4, 0.5) is 10.1 Å². The molecule has 4 bridgehead atoms. The van der Waals surface area contributed by atoms with Crippen LogP contribution in [0.25, 0.3) is 5.57 Å². The standard InChI is InChI=1S/C22H23ClFNO3S/c1-3-5-17-15(4-2)8-9-28-13-14-10-18(23)22(26)21(11-14)29(27)25-20-12-16(17)6-7-19(20)24/h4-7,10-12,25-26H,3,8-9,13H2,1-2H3/b15-4-,17-5+. The number of hydrogen-bond donors (Lipinski definition) is 2. The van der Waals surface area contributed by atoms with Gasteiger partial charge in [0.05, 0.1) is 23.9 Å². The van der Waals surface area contributed by atoms with Gasteiger partial charge >= 0.3 is 0 Å². The Morgan fingerprint density at radius 3 is 2.86 bits per heavy atom. The second-order valence-electron chi connectivity index (χ2n) is 6.63. The fourth-order valence-electron chi connectivity index (χ4n) is 3.22. The maximum absolute atomic E-state index is 14.5. The minimum atomic E-state index is -1.91. The number of benzene rings is 2. The number of ether oxygens (including phenoxy) is 1. The largest absolute Gasteiger partial charge is 0.505 e. The molecule has 0 aliphatic carbocycles. The number of hydrogen-bond acceptors (Lipinski definition) is 3. The van der Waals surface area contributed by atoms with E-state index in [1.807, 2.05) is 19.9 Å². The molecule has 0 saturated carbocycles. The van der Waals surface area contributed by atoms with Crippen LogP contribution in [0, 0.1) is 5.82 Å². The number of aromatic hydroxyl groups is 1. The van der Waals surface area contributed by atoms with Crippen LogP contribution in [0.5, 0.6) is 5.75 Å². The number of rotatable bonds is 1. The maximum Gasteiger partial charge on any atom is 0.154 e. The van der Waals surface area contributed by atoms with E-state index in [1.165, 1.54) is 6.07 Å². The van der Waals surface area contributed by atoms with Crippen LogP contribution in [0.1, 0.15) is 37.8 Å². The van der Waals surface area contributed by atoms with E-state index < -0.39 is 16.8 Å². The number of phenolic OH excluding ortho intramolecular Hbond substituents is 1. The molecular formula is C22H23ClFNO3S. The lowest BCUT2D eigenvalue weighted by Gasteiger charge is -2.17. The van der Waals surface area contributed by atoms with Gasteiger partial charge in [-0.2, -0.15) is 0 Å². The van der Waals surface area contributed by atoms with E-state index in [0.29, 0.717) is 18.6 Å². The van der Waals surface area contributed by atoms with E-state index in [0.717, 1.165) is 23.1 Å². The average molecular weight is 436 g/mol. The summed E-state index contributed by atoms with van der Waals surface area (Å²) in [6.45, 7) is 4.74. The first-order valence-corrected chi connectivity index (χ1v) is 10.9. The van der Waals surface area contributed by atoms with Crippen molar-refractivity contribution in [2.24, 2.45) is 0 Å². The molecule has 0 saturated heterocycles. The van der Waals surface area contributed by atoms with Crippen molar-refractivity contribution in [3.05, 3.63) is 70.0 Å². The smallest absolute Gasteiger partial charge is 0.154 e. The molecule has 0 fully saturated rings. The Labute approximate surface area is 177 Å². The van der Waals surface area contributed by atoms with Crippen molar-refractivity contribution >= 4 is 33.8 Å². The highest BCUT2D eigenvalue weighted by Crippen LogP contribution is 2.34. The molecule has 1 atom stereocenters. The van der Waals surface area contributed by atoms with Crippen LogP contribution in [0.15, 0.2) is 53.0 Å². The van der Waals surface area contributed by atoms with E-state index in [9.17, 15) is 13.7 Å². The van der Waals surface area contributed by atoms with Crippen LogP contribution < -0.4 is 4.72 Å². The van der Waals surface area contributed by atoms with Crippen LogP contribution in [-0.4, -0.2) is 15.9 Å². The van der Waals surface area contributed by atoms with Crippen molar-refractivity contribution in [3.63, 3.8) is 0 Å². The first-order chi connectivity index (χ1) is 13.9. The Balaban J connectivity index is 2.13. The SMILES string of the molecule is C/C=C1/CCOCc2cc(Cl)c(O)c(c2)S(=O)Nc2cc(ccc2F)/C1=C/CC. The third-order valence-corrected chi connectivity index (χ3v) is 6.06. The van der Waals surface area contributed by atoms with Crippen molar-refractivity contribution in [1.82, 2.24) is 0 Å². The van der Waals surface area contributed by atoms with Crippen LogP contribution in [0.3, 0.4) is 0 Å². The zero-order valence-corrected chi connectivity index (χ0v) is 17.9. The molecule has 2 aromatic carbocycles. The van der Waals surface area contributed by atoms with Crippen LogP contribution in [0.2, 0.25) is 5.02 Å². The van der Waals surface area contributed by atoms with Gasteiger partial charge in [0.2, 0.25) is 0 Å². The molecule has 1 aliphatic rings. The Kier molecular flexibility index (Phi) is 7.11. The van der Waals surface area contributed by atoms with Gasteiger partial charge in [0.15, 0.2) is 16.7 Å². The average Bonchev–Trinajstić information content (AvgIpc) is 2.70. The van der Waals surface area contributed by atoms with Gasteiger partial charge in [0.25, 0.3) is 0 Å². The summed E-state index contributed by atoms with van der Waals surface area (Å²) in [5.41, 5.74) is 3.66. The predicted molar refractivity (Wildman–Crippen MR) is 116 cm³/mol. The molecule has 2 N–H and O–H groups in total. The van der Waals surface area contributed by atoms with Crippen molar-refractivity contribution in [2.75, 3.05) is 11.3 Å². The summed E-state index contributed by atoms with van der Waals surface area (Å²) in [7, 11) is -1.91. The Hall–Kier alpha value is -2.15. The molecule has 3 rings (SSSR count). The summed E-state index contributed by atoms with van der Waals surface area (Å²) in [4.78, 5) is 0.0800. The molecule has 0 amide bonds. The Bertz CT molecular complexity index is 1000. The number of halogens is 2. The summed E-state index contributed by atoms with van der Waals surface area (Å²) in [6.07, 6.45) is 5.62. The lowest BCUT2D eigenvalue weighted by molar-refractivity contribution is 0.124. The molecule has 0 spiro atoms. The highest BCUT2D eigenvalue weighted by Gasteiger charge is 2.18. The molecule has 1 heterocycles. The Morgan fingerprint density at radius 1 is 1.34 bits per heavy atom. The third-order valence-electron chi connectivity index (χ3n) is 4.66. The van der Waals surface area contributed by atoms with Gasteiger partial charge < -0.3 is 9.84 Å². The zero-order chi connectivity index (χ0) is 21.0. The highest BCUT2D eigenvalue weighted by atomic mass is 35.5. The van der Waals surface area contributed by atoms with Crippen molar-refractivity contribution in [3.8, 4) is 5.75 Å². The molecule has 154 valence electrons. The fourth-order valence-corrected chi connectivity index (χ4v) is 4.53. The van der Waals surface area contributed by atoms with Gasteiger partial charge in [-0.15, -0.1) is 0 Å². The summed E-state index contributed by atoms with van der Waals surface area (Å²) < 4.78 is 35.8. The number of anilines is 1. The molecule has 2 aromatic rings. The quantitative estimate of drug-likeness (QED) is 0.579.